The molecule has 2 aliphatic rings. The first-order valence-electron chi connectivity index (χ1n) is 7.97. The fourth-order valence-corrected chi connectivity index (χ4v) is 4.46. The molecule has 0 amide bonds. The summed E-state index contributed by atoms with van der Waals surface area (Å²) >= 11 is 0. The van der Waals surface area contributed by atoms with Gasteiger partial charge >= 0.3 is 0 Å². The molecule has 0 saturated heterocycles. The van der Waals surface area contributed by atoms with Crippen LogP contribution in [0.15, 0.2) is 0 Å². The summed E-state index contributed by atoms with van der Waals surface area (Å²) in [7, 11) is 0. The first kappa shape index (κ1) is 13.4. The van der Waals surface area contributed by atoms with Crippen LogP contribution in [0, 0.1) is 17.3 Å². The van der Waals surface area contributed by atoms with Gasteiger partial charge in [0.2, 0.25) is 0 Å². The number of nitrogens with two attached hydrogens (primary N) is 1. The van der Waals surface area contributed by atoms with Crippen molar-refractivity contribution in [3.05, 3.63) is 0 Å². The molecular weight excluding hydrogens is 206 g/mol. The van der Waals surface area contributed by atoms with Gasteiger partial charge in [0.05, 0.1) is 0 Å². The van der Waals surface area contributed by atoms with Crippen molar-refractivity contribution in [1.29, 1.82) is 0 Å². The first-order valence-corrected chi connectivity index (χ1v) is 7.97. The number of hydrogen-bond acceptors (Lipinski definition) is 1. The highest BCUT2D eigenvalue weighted by Gasteiger charge is 2.41. The normalized spacial score (nSPS) is 34.8. The van der Waals surface area contributed by atoms with Crippen molar-refractivity contribution in [2.75, 3.05) is 0 Å². The average molecular weight is 237 g/mol. The first-order chi connectivity index (χ1) is 8.22. The molecule has 0 heterocycles. The van der Waals surface area contributed by atoms with Crippen molar-refractivity contribution in [3.8, 4) is 0 Å². The maximum Gasteiger partial charge on any atom is 0.0124 e. The van der Waals surface area contributed by atoms with E-state index in [1.807, 2.05) is 0 Å². The van der Waals surface area contributed by atoms with Gasteiger partial charge < -0.3 is 5.73 Å². The topological polar surface area (TPSA) is 26.0 Å². The van der Waals surface area contributed by atoms with Crippen LogP contribution >= 0.6 is 0 Å². The van der Waals surface area contributed by atoms with Crippen LogP contribution in [0.4, 0.5) is 0 Å². The van der Waals surface area contributed by atoms with E-state index in [-0.39, 0.29) is 0 Å². The molecule has 1 nitrogen and oxygen atoms in total. The zero-order chi connectivity index (χ0) is 12.3. The Morgan fingerprint density at radius 1 is 1.06 bits per heavy atom. The highest BCUT2D eigenvalue weighted by molar-refractivity contribution is 4.96. The molecule has 17 heavy (non-hydrogen) atoms. The molecule has 2 N–H and O–H groups in total. The van der Waals surface area contributed by atoms with E-state index in [2.05, 4.69) is 13.8 Å². The molecule has 2 rings (SSSR count). The van der Waals surface area contributed by atoms with Gasteiger partial charge in [-0.05, 0) is 49.4 Å². The van der Waals surface area contributed by atoms with Gasteiger partial charge in [0.25, 0.3) is 0 Å². The van der Waals surface area contributed by atoms with Gasteiger partial charge in [-0.2, -0.15) is 0 Å². The second-order valence-corrected chi connectivity index (χ2v) is 6.64. The predicted molar refractivity (Wildman–Crippen MR) is 74.9 cm³/mol. The minimum absolute atomic E-state index is 0.493. The van der Waals surface area contributed by atoms with Gasteiger partial charge in [0.1, 0.15) is 0 Å². The van der Waals surface area contributed by atoms with Crippen LogP contribution in [0.25, 0.3) is 0 Å². The van der Waals surface area contributed by atoms with Crippen LogP contribution in [0.1, 0.15) is 78.1 Å². The van der Waals surface area contributed by atoms with Crippen LogP contribution in [-0.4, -0.2) is 6.04 Å². The van der Waals surface area contributed by atoms with Crippen LogP contribution < -0.4 is 5.73 Å². The molecule has 1 unspecified atom stereocenters. The van der Waals surface area contributed by atoms with Gasteiger partial charge in [-0.25, -0.2) is 0 Å². The minimum Gasteiger partial charge on any atom is -0.327 e. The Bertz CT molecular complexity index is 222. The van der Waals surface area contributed by atoms with Gasteiger partial charge in [-0.1, -0.05) is 46.0 Å². The van der Waals surface area contributed by atoms with Crippen LogP contribution in [0.5, 0.6) is 0 Å². The molecule has 0 aromatic rings. The van der Waals surface area contributed by atoms with Crippen molar-refractivity contribution in [1.82, 2.24) is 0 Å². The van der Waals surface area contributed by atoms with Crippen molar-refractivity contribution in [2.24, 2.45) is 23.0 Å². The molecule has 100 valence electrons. The standard InChI is InChI=1S/C16H31N/c1-3-13-7-9-14(10-8-13)15(17)16(4-2)11-5-6-12-16/h13-15H,3-12,17H2,1-2H3. The molecule has 0 spiro atoms. The van der Waals surface area contributed by atoms with E-state index < -0.39 is 0 Å². The lowest BCUT2D eigenvalue weighted by atomic mass is 9.66. The third-order valence-electron chi connectivity index (χ3n) is 5.99. The Balaban J connectivity index is 1.93. The zero-order valence-electron chi connectivity index (χ0n) is 11.9. The third-order valence-corrected chi connectivity index (χ3v) is 5.99. The highest BCUT2D eigenvalue weighted by atomic mass is 14.7. The Labute approximate surface area is 108 Å². The monoisotopic (exact) mass is 237 g/mol. The molecule has 1 heteroatoms. The molecule has 0 aromatic carbocycles. The average Bonchev–Trinajstić information content (AvgIpc) is 2.88. The van der Waals surface area contributed by atoms with E-state index in [1.54, 1.807) is 0 Å². The molecule has 0 radical (unpaired) electrons. The molecular formula is C16H31N. The van der Waals surface area contributed by atoms with Gasteiger partial charge in [-0.3, -0.25) is 0 Å². The van der Waals surface area contributed by atoms with E-state index >= 15 is 0 Å². The molecule has 2 saturated carbocycles. The molecule has 2 fully saturated rings. The SMILES string of the molecule is CCC1CCC(C(N)C2(CC)CCCC2)CC1. The van der Waals surface area contributed by atoms with Crippen molar-refractivity contribution < 1.29 is 0 Å². The lowest BCUT2D eigenvalue weighted by Gasteiger charge is -2.42. The molecule has 0 bridgehead atoms. The summed E-state index contributed by atoms with van der Waals surface area (Å²) in [6, 6.07) is 0.493. The zero-order valence-corrected chi connectivity index (χ0v) is 11.9. The van der Waals surface area contributed by atoms with E-state index in [4.69, 9.17) is 5.73 Å². The Hall–Kier alpha value is -0.0400. The second kappa shape index (κ2) is 5.73. The number of hydrogen-bond donors (Lipinski definition) is 1. The Morgan fingerprint density at radius 3 is 2.12 bits per heavy atom. The maximum atomic E-state index is 6.69. The quantitative estimate of drug-likeness (QED) is 0.765. The Morgan fingerprint density at radius 2 is 1.65 bits per heavy atom. The number of rotatable bonds is 4. The lowest BCUT2D eigenvalue weighted by molar-refractivity contribution is 0.125. The molecule has 0 aliphatic heterocycles. The van der Waals surface area contributed by atoms with E-state index in [9.17, 15) is 0 Å². The van der Waals surface area contributed by atoms with Crippen molar-refractivity contribution in [2.45, 2.75) is 84.1 Å². The highest BCUT2D eigenvalue weighted by Crippen LogP contribution is 2.47. The van der Waals surface area contributed by atoms with E-state index in [0.717, 1.165) is 11.8 Å². The van der Waals surface area contributed by atoms with E-state index in [0.29, 0.717) is 11.5 Å². The Kier molecular flexibility index (Phi) is 4.52. The second-order valence-electron chi connectivity index (χ2n) is 6.64. The summed E-state index contributed by atoms with van der Waals surface area (Å²) in [5.41, 5.74) is 7.20. The molecule has 0 aromatic heterocycles. The lowest BCUT2D eigenvalue weighted by Crippen LogP contribution is -2.46. The fourth-order valence-electron chi connectivity index (χ4n) is 4.46. The summed E-state index contributed by atoms with van der Waals surface area (Å²) < 4.78 is 0. The van der Waals surface area contributed by atoms with Gasteiger partial charge in [-0.15, -0.1) is 0 Å². The molecule has 2 aliphatic carbocycles. The summed E-state index contributed by atoms with van der Waals surface area (Å²) in [6.45, 7) is 4.71. The maximum absolute atomic E-state index is 6.69. The van der Waals surface area contributed by atoms with Gasteiger partial charge in [0, 0.05) is 6.04 Å². The van der Waals surface area contributed by atoms with Crippen LogP contribution in [0.2, 0.25) is 0 Å². The summed E-state index contributed by atoms with van der Waals surface area (Å²) in [5, 5.41) is 0. The van der Waals surface area contributed by atoms with Crippen LogP contribution in [-0.2, 0) is 0 Å². The minimum atomic E-state index is 0.493. The van der Waals surface area contributed by atoms with Gasteiger partial charge in [0.15, 0.2) is 0 Å². The fraction of sp³-hybridized carbons (Fsp3) is 1.00. The summed E-state index contributed by atoms with van der Waals surface area (Å²) in [4.78, 5) is 0. The smallest absolute Gasteiger partial charge is 0.0124 e. The largest absolute Gasteiger partial charge is 0.327 e. The van der Waals surface area contributed by atoms with Crippen LogP contribution in [0.3, 0.4) is 0 Å². The van der Waals surface area contributed by atoms with Crippen molar-refractivity contribution in [3.63, 3.8) is 0 Å². The van der Waals surface area contributed by atoms with Crippen molar-refractivity contribution >= 4 is 0 Å². The summed E-state index contributed by atoms with van der Waals surface area (Å²) in [6.07, 6.45) is 14.0. The predicted octanol–water partition coefficient (Wildman–Crippen LogP) is 4.50. The third kappa shape index (κ3) is 2.70. The van der Waals surface area contributed by atoms with E-state index in [1.165, 1.54) is 64.2 Å². The summed E-state index contributed by atoms with van der Waals surface area (Å²) in [5.74, 6) is 1.83. The molecule has 1 atom stereocenters.